The van der Waals surface area contributed by atoms with Crippen molar-refractivity contribution >= 4 is 15.6 Å². The Morgan fingerprint density at radius 3 is 2.23 bits per heavy atom. The lowest BCUT2D eigenvalue weighted by atomic mass is 9.89. The van der Waals surface area contributed by atoms with E-state index in [9.17, 15) is 13.2 Å². The molecule has 2 aromatic rings. The van der Waals surface area contributed by atoms with E-state index >= 15 is 0 Å². The molecule has 0 unspecified atom stereocenters. The second-order valence-corrected chi connectivity index (χ2v) is 8.91. The molecule has 0 atom stereocenters. The van der Waals surface area contributed by atoms with E-state index in [2.05, 4.69) is 0 Å². The van der Waals surface area contributed by atoms with Crippen LogP contribution < -0.4 is 9.47 Å². The zero-order valence-corrected chi connectivity index (χ0v) is 15.3. The maximum absolute atomic E-state index is 13.1. The molecule has 2 aliphatic rings. The number of benzene rings is 2. The Hall–Kier alpha value is -2.34. The minimum absolute atomic E-state index is 0.0458. The number of sulfone groups is 1. The molecule has 6 heteroatoms. The van der Waals surface area contributed by atoms with E-state index in [0.717, 1.165) is 36.8 Å². The summed E-state index contributed by atoms with van der Waals surface area (Å²) in [5.41, 5.74) is 2.16. The monoisotopic (exact) mass is 372 g/mol. The van der Waals surface area contributed by atoms with Crippen LogP contribution >= 0.6 is 0 Å². The van der Waals surface area contributed by atoms with Gasteiger partial charge in [-0.2, -0.15) is 0 Å². The van der Waals surface area contributed by atoms with Crippen LogP contribution in [-0.2, 0) is 9.84 Å². The fourth-order valence-electron chi connectivity index (χ4n) is 3.67. The lowest BCUT2D eigenvalue weighted by Crippen LogP contribution is -2.12. The molecule has 0 bridgehead atoms. The van der Waals surface area contributed by atoms with Gasteiger partial charge in [-0.3, -0.25) is 4.79 Å². The van der Waals surface area contributed by atoms with Gasteiger partial charge in [0, 0.05) is 17.7 Å². The number of rotatable bonds is 4. The Labute approximate surface area is 152 Å². The third kappa shape index (κ3) is 3.09. The van der Waals surface area contributed by atoms with Gasteiger partial charge in [0.25, 0.3) is 0 Å². The zero-order chi connectivity index (χ0) is 18.3. The van der Waals surface area contributed by atoms with Crippen LogP contribution in [0.4, 0.5) is 0 Å². The van der Waals surface area contributed by atoms with Crippen molar-refractivity contribution in [3.8, 4) is 22.6 Å². The summed E-state index contributed by atoms with van der Waals surface area (Å²) >= 11 is 0. The highest BCUT2D eigenvalue weighted by Gasteiger charge is 2.28. The van der Waals surface area contributed by atoms with E-state index in [4.69, 9.17) is 9.47 Å². The molecule has 2 aromatic carbocycles. The van der Waals surface area contributed by atoms with Gasteiger partial charge in [-0.15, -0.1) is 0 Å². The second-order valence-electron chi connectivity index (χ2n) is 6.89. The standard InChI is InChI=1S/C20H20O5S/c1-26(22,23)15-8-6-13(7-9-15)16-10-18-19(25-12-24-18)11-17(16)20(21)14-4-2-3-5-14/h6-11,14H,2-5,12H2,1H3. The van der Waals surface area contributed by atoms with E-state index in [1.54, 1.807) is 30.3 Å². The van der Waals surface area contributed by atoms with Crippen molar-refractivity contribution in [2.24, 2.45) is 5.92 Å². The number of ether oxygens (including phenoxy) is 2. The van der Waals surface area contributed by atoms with E-state index < -0.39 is 9.84 Å². The quantitative estimate of drug-likeness (QED) is 0.762. The highest BCUT2D eigenvalue weighted by Crippen LogP contribution is 2.41. The van der Waals surface area contributed by atoms with Gasteiger partial charge in [0.1, 0.15) is 0 Å². The SMILES string of the molecule is CS(=O)(=O)c1ccc(-c2cc3c(cc2C(=O)C2CCCC2)OCO3)cc1. The largest absolute Gasteiger partial charge is 0.454 e. The van der Waals surface area contributed by atoms with Crippen molar-refractivity contribution < 1.29 is 22.7 Å². The number of hydrogen-bond acceptors (Lipinski definition) is 5. The molecule has 0 amide bonds. The summed E-state index contributed by atoms with van der Waals surface area (Å²) in [6.07, 6.45) is 5.18. The topological polar surface area (TPSA) is 69.7 Å². The van der Waals surface area contributed by atoms with E-state index in [0.29, 0.717) is 17.1 Å². The number of carbonyl (C=O) groups excluding carboxylic acids is 1. The molecule has 0 aromatic heterocycles. The van der Waals surface area contributed by atoms with Crippen molar-refractivity contribution in [1.29, 1.82) is 0 Å². The van der Waals surface area contributed by atoms with E-state index in [-0.39, 0.29) is 23.4 Å². The minimum atomic E-state index is -3.26. The maximum Gasteiger partial charge on any atom is 0.231 e. The predicted octanol–water partition coefficient (Wildman–Crippen LogP) is 3.86. The van der Waals surface area contributed by atoms with Crippen LogP contribution in [0.5, 0.6) is 11.5 Å². The molecule has 0 N–H and O–H groups in total. The summed E-state index contributed by atoms with van der Waals surface area (Å²) in [7, 11) is -3.26. The van der Waals surface area contributed by atoms with Crippen LogP contribution in [0.3, 0.4) is 0 Å². The van der Waals surface area contributed by atoms with Crippen molar-refractivity contribution in [3.63, 3.8) is 0 Å². The lowest BCUT2D eigenvalue weighted by Gasteiger charge is -2.14. The van der Waals surface area contributed by atoms with Crippen molar-refractivity contribution in [3.05, 3.63) is 42.0 Å². The van der Waals surface area contributed by atoms with E-state index in [1.807, 2.05) is 6.07 Å². The molecule has 1 saturated carbocycles. The average molecular weight is 372 g/mol. The number of ketones is 1. The molecule has 1 aliphatic heterocycles. The number of fused-ring (bicyclic) bond motifs is 1. The van der Waals surface area contributed by atoms with Crippen molar-refractivity contribution in [1.82, 2.24) is 0 Å². The van der Waals surface area contributed by atoms with Crippen LogP contribution in [0, 0.1) is 5.92 Å². The molecule has 26 heavy (non-hydrogen) atoms. The van der Waals surface area contributed by atoms with Gasteiger partial charge in [0.15, 0.2) is 27.1 Å². The third-order valence-corrected chi connectivity index (χ3v) is 6.23. The first kappa shape index (κ1) is 17.1. The average Bonchev–Trinajstić information content (AvgIpc) is 3.30. The van der Waals surface area contributed by atoms with Gasteiger partial charge in [-0.25, -0.2) is 8.42 Å². The van der Waals surface area contributed by atoms with Gasteiger partial charge in [0.2, 0.25) is 6.79 Å². The van der Waals surface area contributed by atoms with Gasteiger partial charge >= 0.3 is 0 Å². The molecule has 4 rings (SSSR count). The molecule has 136 valence electrons. The molecule has 5 nitrogen and oxygen atoms in total. The van der Waals surface area contributed by atoms with Gasteiger partial charge < -0.3 is 9.47 Å². The summed E-state index contributed by atoms with van der Waals surface area (Å²) in [5, 5.41) is 0. The highest BCUT2D eigenvalue weighted by molar-refractivity contribution is 7.90. The Morgan fingerprint density at radius 1 is 1.00 bits per heavy atom. The van der Waals surface area contributed by atoms with Crippen molar-refractivity contribution in [2.45, 2.75) is 30.6 Å². The predicted molar refractivity (Wildman–Crippen MR) is 97.4 cm³/mol. The zero-order valence-electron chi connectivity index (χ0n) is 14.5. The first-order chi connectivity index (χ1) is 12.4. The molecule has 0 radical (unpaired) electrons. The first-order valence-corrected chi connectivity index (χ1v) is 10.6. The first-order valence-electron chi connectivity index (χ1n) is 8.72. The van der Waals surface area contributed by atoms with Gasteiger partial charge in [-0.05, 0) is 48.2 Å². The summed E-state index contributed by atoms with van der Waals surface area (Å²) in [4.78, 5) is 13.3. The summed E-state index contributed by atoms with van der Waals surface area (Å²) in [5.74, 6) is 1.37. The highest BCUT2D eigenvalue weighted by atomic mass is 32.2. The molecule has 0 saturated heterocycles. The number of Topliss-reactive ketones (excluding diaryl/α,β-unsaturated/α-hetero) is 1. The molecular formula is C20H20O5S. The fraction of sp³-hybridized carbons (Fsp3) is 0.350. The van der Waals surface area contributed by atoms with Crippen LogP contribution in [0.15, 0.2) is 41.3 Å². The van der Waals surface area contributed by atoms with Crippen LogP contribution in [0.25, 0.3) is 11.1 Å². The Bertz CT molecular complexity index is 954. The Kier molecular flexibility index (Phi) is 4.23. The maximum atomic E-state index is 13.1. The Morgan fingerprint density at radius 2 is 1.62 bits per heavy atom. The number of carbonyl (C=O) groups is 1. The van der Waals surface area contributed by atoms with Crippen molar-refractivity contribution in [2.75, 3.05) is 13.0 Å². The van der Waals surface area contributed by atoms with Crippen LogP contribution in [0.1, 0.15) is 36.0 Å². The third-order valence-electron chi connectivity index (χ3n) is 5.10. The second kappa shape index (κ2) is 6.43. The van der Waals surface area contributed by atoms with Gasteiger partial charge in [-0.1, -0.05) is 25.0 Å². The smallest absolute Gasteiger partial charge is 0.231 e. The normalized spacial score (nSPS) is 16.8. The fourth-order valence-corrected chi connectivity index (χ4v) is 4.30. The minimum Gasteiger partial charge on any atom is -0.454 e. The summed E-state index contributed by atoms with van der Waals surface area (Å²) in [6.45, 7) is 0.142. The van der Waals surface area contributed by atoms with E-state index in [1.165, 1.54) is 6.26 Å². The van der Waals surface area contributed by atoms with Gasteiger partial charge in [0.05, 0.1) is 4.90 Å². The number of hydrogen-bond donors (Lipinski definition) is 0. The summed E-state index contributed by atoms with van der Waals surface area (Å²) in [6, 6.07) is 10.2. The molecule has 1 heterocycles. The summed E-state index contributed by atoms with van der Waals surface area (Å²) < 4.78 is 34.3. The molecular weight excluding hydrogens is 352 g/mol. The molecule has 1 aliphatic carbocycles. The van der Waals surface area contributed by atoms with Crippen LogP contribution in [0.2, 0.25) is 0 Å². The Balaban J connectivity index is 1.80. The lowest BCUT2D eigenvalue weighted by molar-refractivity contribution is 0.0923. The molecule has 0 spiro atoms. The van der Waals surface area contributed by atoms with Crippen LogP contribution in [-0.4, -0.2) is 27.2 Å². The molecule has 1 fully saturated rings.